The predicted molar refractivity (Wildman–Crippen MR) is 88.6 cm³/mol. The Labute approximate surface area is 127 Å². The van der Waals surface area contributed by atoms with Crippen LogP contribution in [0.2, 0.25) is 0 Å². The summed E-state index contributed by atoms with van der Waals surface area (Å²) in [5.41, 5.74) is 1.45. The van der Waals surface area contributed by atoms with Gasteiger partial charge in [0.1, 0.15) is 0 Å². The summed E-state index contributed by atoms with van der Waals surface area (Å²) in [6, 6.07) is 8.74. The molecule has 0 aliphatic heterocycles. The van der Waals surface area contributed by atoms with Crippen molar-refractivity contribution in [3.05, 3.63) is 34.3 Å². The van der Waals surface area contributed by atoms with Crippen LogP contribution in [0.15, 0.2) is 28.7 Å². The van der Waals surface area contributed by atoms with Gasteiger partial charge in [0.05, 0.1) is 0 Å². The van der Waals surface area contributed by atoms with Crippen LogP contribution in [-0.2, 0) is 6.42 Å². The van der Waals surface area contributed by atoms with E-state index in [1.165, 1.54) is 35.7 Å². The van der Waals surface area contributed by atoms with Crippen LogP contribution in [0.4, 0.5) is 0 Å². The third-order valence-electron chi connectivity index (χ3n) is 3.92. The number of rotatable bonds is 9. The number of benzene rings is 1. The second kappa shape index (κ2) is 9.55. The molecule has 0 saturated carbocycles. The Morgan fingerprint density at radius 2 is 1.84 bits per heavy atom. The van der Waals surface area contributed by atoms with Crippen molar-refractivity contribution in [2.45, 2.75) is 46.5 Å². The molecule has 108 valence electrons. The molecule has 0 amide bonds. The van der Waals surface area contributed by atoms with Crippen molar-refractivity contribution in [2.75, 3.05) is 13.1 Å². The molecule has 19 heavy (non-hydrogen) atoms. The minimum absolute atomic E-state index is 0.749. The van der Waals surface area contributed by atoms with Crippen LogP contribution in [0.1, 0.15) is 45.6 Å². The smallest absolute Gasteiger partial charge is 0.0177 e. The maximum absolute atomic E-state index is 3.57. The maximum Gasteiger partial charge on any atom is 0.0177 e. The highest BCUT2D eigenvalue weighted by Gasteiger charge is 2.14. The van der Waals surface area contributed by atoms with Crippen molar-refractivity contribution >= 4 is 15.9 Å². The van der Waals surface area contributed by atoms with Gasteiger partial charge in [-0.05, 0) is 55.5 Å². The molecule has 0 heterocycles. The van der Waals surface area contributed by atoms with Crippen LogP contribution in [0, 0.1) is 11.8 Å². The Morgan fingerprint density at radius 3 is 2.42 bits per heavy atom. The highest BCUT2D eigenvalue weighted by atomic mass is 79.9. The van der Waals surface area contributed by atoms with E-state index in [1.54, 1.807) is 0 Å². The minimum Gasteiger partial charge on any atom is -0.317 e. The molecule has 1 aromatic carbocycles. The van der Waals surface area contributed by atoms with Gasteiger partial charge in [0, 0.05) is 4.47 Å². The lowest BCUT2D eigenvalue weighted by Crippen LogP contribution is -2.26. The lowest BCUT2D eigenvalue weighted by atomic mass is 9.86. The second-order valence-corrected chi connectivity index (χ2v) is 6.34. The maximum atomic E-state index is 3.57. The standard InChI is InChI=1S/C17H28BrN/c1-4-14(5-2)10-16(13-19-6-3)11-15-8-7-9-17(18)12-15/h7-9,12,14,16,19H,4-6,10-11,13H2,1-3H3. The van der Waals surface area contributed by atoms with E-state index in [-0.39, 0.29) is 0 Å². The Hall–Kier alpha value is -0.340. The molecule has 0 spiro atoms. The van der Waals surface area contributed by atoms with Crippen molar-refractivity contribution in [3.63, 3.8) is 0 Å². The van der Waals surface area contributed by atoms with Crippen molar-refractivity contribution in [3.8, 4) is 0 Å². The van der Waals surface area contributed by atoms with Gasteiger partial charge in [0.15, 0.2) is 0 Å². The fourth-order valence-corrected chi connectivity index (χ4v) is 3.12. The Balaban J connectivity index is 2.62. The molecular weight excluding hydrogens is 298 g/mol. The molecule has 1 aromatic rings. The van der Waals surface area contributed by atoms with Gasteiger partial charge in [0.2, 0.25) is 0 Å². The topological polar surface area (TPSA) is 12.0 Å². The predicted octanol–water partition coefficient (Wildman–Crippen LogP) is 5.04. The fourth-order valence-electron chi connectivity index (χ4n) is 2.68. The SMILES string of the molecule is CCNCC(Cc1cccc(Br)c1)CC(CC)CC. The Bertz CT molecular complexity index is 347. The largest absolute Gasteiger partial charge is 0.317 e. The Morgan fingerprint density at radius 1 is 1.11 bits per heavy atom. The van der Waals surface area contributed by atoms with Gasteiger partial charge in [-0.1, -0.05) is 61.7 Å². The first-order chi connectivity index (χ1) is 9.19. The molecule has 1 atom stereocenters. The number of hydrogen-bond acceptors (Lipinski definition) is 1. The van der Waals surface area contributed by atoms with E-state index in [0.717, 1.165) is 24.9 Å². The molecule has 0 aliphatic rings. The molecule has 0 aliphatic carbocycles. The highest BCUT2D eigenvalue weighted by molar-refractivity contribution is 9.10. The third-order valence-corrected chi connectivity index (χ3v) is 4.41. The summed E-state index contributed by atoms with van der Waals surface area (Å²) >= 11 is 3.57. The molecule has 1 N–H and O–H groups in total. The summed E-state index contributed by atoms with van der Waals surface area (Å²) in [6.07, 6.45) is 5.13. The van der Waals surface area contributed by atoms with Crippen LogP contribution < -0.4 is 5.32 Å². The molecule has 0 bridgehead atoms. The normalized spacial score (nSPS) is 12.9. The van der Waals surface area contributed by atoms with Gasteiger partial charge in [-0.2, -0.15) is 0 Å². The van der Waals surface area contributed by atoms with E-state index in [0.29, 0.717) is 0 Å². The van der Waals surface area contributed by atoms with Gasteiger partial charge < -0.3 is 5.32 Å². The summed E-state index contributed by atoms with van der Waals surface area (Å²) in [4.78, 5) is 0. The van der Waals surface area contributed by atoms with Crippen LogP contribution in [0.25, 0.3) is 0 Å². The molecule has 1 rings (SSSR count). The first kappa shape index (κ1) is 16.7. The number of halogens is 1. The highest BCUT2D eigenvalue weighted by Crippen LogP contribution is 2.23. The summed E-state index contributed by atoms with van der Waals surface area (Å²) in [5, 5.41) is 3.53. The van der Waals surface area contributed by atoms with Gasteiger partial charge >= 0.3 is 0 Å². The third kappa shape index (κ3) is 6.58. The number of nitrogens with one attached hydrogen (secondary N) is 1. The zero-order valence-corrected chi connectivity index (χ0v) is 14.2. The molecule has 0 fully saturated rings. The first-order valence-electron chi connectivity index (χ1n) is 7.64. The lowest BCUT2D eigenvalue weighted by molar-refractivity contribution is 0.340. The molecule has 0 radical (unpaired) electrons. The average Bonchev–Trinajstić information content (AvgIpc) is 2.41. The molecule has 0 saturated heterocycles. The molecular formula is C17H28BrN. The Kier molecular flexibility index (Phi) is 8.40. The summed E-state index contributed by atoms with van der Waals surface area (Å²) < 4.78 is 1.19. The van der Waals surface area contributed by atoms with Crippen LogP contribution >= 0.6 is 15.9 Å². The van der Waals surface area contributed by atoms with Crippen LogP contribution in [0.3, 0.4) is 0 Å². The fraction of sp³-hybridized carbons (Fsp3) is 0.647. The first-order valence-corrected chi connectivity index (χ1v) is 8.43. The van der Waals surface area contributed by atoms with Crippen molar-refractivity contribution in [1.82, 2.24) is 5.32 Å². The summed E-state index contributed by atoms with van der Waals surface area (Å²) in [5.74, 6) is 1.62. The summed E-state index contributed by atoms with van der Waals surface area (Å²) in [7, 11) is 0. The van der Waals surface area contributed by atoms with Gasteiger partial charge in [0.25, 0.3) is 0 Å². The van der Waals surface area contributed by atoms with Gasteiger partial charge in [-0.15, -0.1) is 0 Å². The summed E-state index contributed by atoms with van der Waals surface area (Å²) in [6.45, 7) is 9.03. The van der Waals surface area contributed by atoms with Crippen molar-refractivity contribution < 1.29 is 0 Å². The minimum atomic E-state index is 0.749. The van der Waals surface area contributed by atoms with E-state index in [1.807, 2.05) is 0 Å². The van der Waals surface area contributed by atoms with Gasteiger partial charge in [-0.25, -0.2) is 0 Å². The van der Waals surface area contributed by atoms with E-state index < -0.39 is 0 Å². The van der Waals surface area contributed by atoms with Crippen LogP contribution in [-0.4, -0.2) is 13.1 Å². The van der Waals surface area contributed by atoms with Crippen molar-refractivity contribution in [1.29, 1.82) is 0 Å². The van der Waals surface area contributed by atoms with Crippen LogP contribution in [0.5, 0.6) is 0 Å². The molecule has 1 unspecified atom stereocenters. The lowest BCUT2D eigenvalue weighted by Gasteiger charge is -2.22. The average molecular weight is 326 g/mol. The van der Waals surface area contributed by atoms with Crippen molar-refractivity contribution in [2.24, 2.45) is 11.8 Å². The second-order valence-electron chi connectivity index (χ2n) is 5.43. The number of hydrogen-bond donors (Lipinski definition) is 1. The molecule has 2 heteroatoms. The zero-order valence-electron chi connectivity index (χ0n) is 12.6. The van der Waals surface area contributed by atoms with E-state index in [4.69, 9.17) is 0 Å². The van der Waals surface area contributed by atoms with E-state index >= 15 is 0 Å². The van der Waals surface area contributed by atoms with Gasteiger partial charge in [-0.3, -0.25) is 0 Å². The van der Waals surface area contributed by atoms with E-state index in [2.05, 4.69) is 66.3 Å². The zero-order chi connectivity index (χ0) is 14.1. The quantitative estimate of drug-likeness (QED) is 0.670. The monoisotopic (exact) mass is 325 g/mol. The van der Waals surface area contributed by atoms with E-state index in [9.17, 15) is 0 Å². The molecule has 1 nitrogen and oxygen atoms in total. The molecule has 0 aromatic heterocycles.